The molecule has 0 radical (unpaired) electrons. The van der Waals surface area contributed by atoms with E-state index in [0.717, 1.165) is 11.1 Å². The molecule has 0 heterocycles. The van der Waals surface area contributed by atoms with Crippen molar-refractivity contribution in [3.05, 3.63) is 52.1 Å². The number of carboxylic acids is 1. The molecule has 0 amide bonds. The summed E-state index contributed by atoms with van der Waals surface area (Å²) in [6.45, 7) is 25.1. The van der Waals surface area contributed by atoms with Crippen LogP contribution in [0.3, 0.4) is 0 Å². The van der Waals surface area contributed by atoms with E-state index >= 15 is 0 Å². The minimum atomic E-state index is -0.967. The van der Waals surface area contributed by atoms with Gasteiger partial charge in [-0.2, -0.15) is 0 Å². The summed E-state index contributed by atoms with van der Waals surface area (Å²) < 4.78 is 0. The zero-order valence-electron chi connectivity index (χ0n) is 22.1. The number of hydrogen-bond acceptors (Lipinski definition) is 2. The first-order chi connectivity index (χ1) is 14.2. The van der Waals surface area contributed by atoms with Crippen molar-refractivity contribution in [3.8, 4) is 16.9 Å². The highest BCUT2D eigenvalue weighted by atomic mass is 16.4. The Hall–Kier alpha value is -2.29. The second kappa shape index (κ2) is 7.93. The SMILES string of the molecule is CC(C)(C)c1ccc(-c2cc(C(=O)O)c(C(C)(C)C)c(C(C)(C)C)c2O)c(C(C)(C)C)c1. The van der Waals surface area contributed by atoms with E-state index < -0.39 is 16.8 Å². The summed E-state index contributed by atoms with van der Waals surface area (Å²) in [4.78, 5) is 12.4. The third kappa shape index (κ3) is 5.03. The molecule has 0 saturated carbocycles. The van der Waals surface area contributed by atoms with E-state index in [9.17, 15) is 15.0 Å². The van der Waals surface area contributed by atoms with Gasteiger partial charge in [0.15, 0.2) is 0 Å². The molecule has 0 saturated heterocycles. The van der Waals surface area contributed by atoms with Gasteiger partial charge >= 0.3 is 5.97 Å². The fourth-order valence-electron chi connectivity index (χ4n) is 4.42. The highest BCUT2D eigenvalue weighted by Crippen LogP contribution is 2.48. The van der Waals surface area contributed by atoms with Crippen molar-refractivity contribution in [2.24, 2.45) is 0 Å². The van der Waals surface area contributed by atoms with Crippen molar-refractivity contribution < 1.29 is 15.0 Å². The Morgan fingerprint density at radius 1 is 0.656 bits per heavy atom. The second-order valence-electron chi connectivity index (χ2n) is 13.1. The Morgan fingerprint density at radius 2 is 1.16 bits per heavy atom. The Bertz CT molecular complexity index is 1030. The molecule has 2 rings (SSSR count). The molecule has 3 nitrogen and oxygen atoms in total. The van der Waals surface area contributed by atoms with Crippen molar-refractivity contribution in [2.45, 2.75) is 105 Å². The van der Waals surface area contributed by atoms with Crippen LogP contribution >= 0.6 is 0 Å². The topological polar surface area (TPSA) is 57.5 Å². The van der Waals surface area contributed by atoms with Crippen LogP contribution < -0.4 is 0 Å². The number of phenolic OH excluding ortho intramolecular Hbond substituents is 1. The quantitative estimate of drug-likeness (QED) is 0.500. The summed E-state index contributed by atoms with van der Waals surface area (Å²) in [5.41, 5.74) is 4.39. The van der Waals surface area contributed by atoms with Crippen LogP contribution in [0.4, 0.5) is 0 Å². The van der Waals surface area contributed by atoms with Crippen LogP contribution in [0.5, 0.6) is 5.75 Å². The largest absolute Gasteiger partial charge is 0.507 e. The summed E-state index contributed by atoms with van der Waals surface area (Å²) in [6.07, 6.45) is 0. The Labute approximate surface area is 194 Å². The lowest BCUT2D eigenvalue weighted by atomic mass is 9.70. The summed E-state index contributed by atoms with van der Waals surface area (Å²) in [6, 6.07) is 8.03. The summed E-state index contributed by atoms with van der Waals surface area (Å²) in [5.74, 6) is -0.785. The van der Waals surface area contributed by atoms with Crippen LogP contribution in [0.25, 0.3) is 11.1 Å². The van der Waals surface area contributed by atoms with Crippen LogP contribution in [0.1, 0.15) is 116 Å². The van der Waals surface area contributed by atoms with Gasteiger partial charge in [0.1, 0.15) is 5.75 Å². The number of carboxylic acid groups (broad SMARTS) is 1. The van der Waals surface area contributed by atoms with E-state index in [2.05, 4.69) is 53.7 Å². The van der Waals surface area contributed by atoms with Gasteiger partial charge in [-0.05, 0) is 50.0 Å². The smallest absolute Gasteiger partial charge is 0.336 e. The first-order valence-electron chi connectivity index (χ1n) is 11.5. The predicted molar refractivity (Wildman–Crippen MR) is 135 cm³/mol. The van der Waals surface area contributed by atoms with Crippen LogP contribution in [0.2, 0.25) is 0 Å². The number of rotatable bonds is 2. The molecule has 2 aromatic carbocycles. The van der Waals surface area contributed by atoms with E-state index in [1.165, 1.54) is 5.56 Å². The Kier molecular flexibility index (Phi) is 6.44. The average Bonchev–Trinajstić information content (AvgIpc) is 2.57. The molecule has 0 bridgehead atoms. The lowest BCUT2D eigenvalue weighted by molar-refractivity contribution is 0.0694. The maximum Gasteiger partial charge on any atom is 0.336 e. The summed E-state index contributed by atoms with van der Waals surface area (Å²) in [5, 5.41) is 21.8. The maximum absolute atomic E-state index is 12.4. The van der Waals surface area contributed by atoms with Gasteiger partial charge in [-0.1, -0.05) is 101 Å². The number of aromatic hydroxyl groups is 1. The van der Waals surface area contributed by atoms with Gasteiger partial charge < -0.3 is 10.2 Å². The molecular formula is C29H42O3. The maximum atomic E-state index is 12.4. The fourth-order valence-corrected chi connectivity index (χ4v) is 4.42. The van der Waals surface area contributed by atoms with E-state index in [-0.39, 0.29) is 22.1 Å². The highest BCUT2D eigenvalue weighted by molar-refractivity contribution is 5.94. The molecule has 0 fully saturated rings. The van der Waals surface area contributed by atoms with E-state index in [0.29, 0.717) is 16.7 Å². The van der Waals surface area contributed by atoms with Crippen molar-refractivity contribution in [3.63, 3.8) is 0 Å². The van der Waals surface area contributed by atoms with E-state index in [1.807, 2.05) is 47.6 Å². The van der Waals surface area contributed by atoms with Gasteiger partial charge in [0, 0.05) is 11.1 Å². The molecule has 176 valence electrons. The minimum absolute atomic E-state index is 0.0144. The molecule has 3 heteroatoms. The normalized spacial score (nSPS) is 13.4. The molecule has 0 aromatic heterocycles. The molecular weight excluding hydrogens is 396 g/mol. The van der Waals surface area contributed by atoms with Crippen molar-refractivity contribution in [1.29, 1.82) is 0 Å². The number of carbonyl (C=O) groups is 1. The molecule has 0 aliphatic rings. The van der Waals surface area contributed by atoms with E-state index in [1.54, 1.807) is 6.07 Å². The van der Waals surface area contributed by atoms with Gasteiger partial charge in [-0.25, -0.2) is 4.79 Å². The van der Waals surface area contributed by atoms with Gasteiger partial charge in [-0.15, -0.1) is 0 Å². The molecule has 2 N–H and O–H groups in total. The molecule has 0 aliphatic carbocycles. The fraction of sp³-hybridized carbons (Fsp3) is 0.552. The minimum Gasteiger partial charge on any atom is -0.507 e. The van der Waals surface area contributed by atoms with Crippen LogP contribution in [-0.4, -0.2) is 16.2 Å². The second-order valence-corrected chi connectivity index (χ2v) is 13.1. The molecule has 0 aliphatic heterocycles. The average molecular weight is 439 g/mol. The third-order valence-corrected chi connectivity index (χ3v) is 6.01. The van der Waals surface area contributed by atoms with Gasteiger partial charge in [-0.3, -0.25) is 0 Å². The number of aromatic carboxylic acids is 1. The van der Waals surface area contributed by atoms with Crippen molar-refractivity contribution in [1.82, 2.24) is 0 Å². The molecule has 0 spiro atoms. The van der Waals surface area contributed by atoms with Gasteiger partial charge in [0.25, 0.3) is 0 Å². The van der Waals surface area contributed by atoms with Gasteiger partial charge in [0.05, 0.1) is 5.56 Å². The number of hydrogen-bond donors (Lipinski definition) is 2. The van der Waals surface area contributed by atoms with Crippen molar-refractivity contribution in [2.75, 3.05) is 0 Å². The van der Waals surface area contributed by atoms with Crippen LogP contribution in [-0.2, 0) is 21.7 Å². The lowest BCUT2D eigenvalue weighted by Gasteiger charge is -2.34. The van der Waals surface area contributed by atoms with Crippen LogP contribution in [0, 0.1) is 0 Å². The molecule has 2 aromatic rings. The monoisotopic (exact) mass is 438 g/mol. The zero-order chi connectivity index (χ0) is 25.0. The van der Waals surface area contributed by atoms with Crippen molar-refractivity contribution >= 4 is 5.97 Å². The highest BCUT2D eigenvalue weighted by Gasteiger charge is 2.35. The lowest BCUT2D eigenvalue weighted by Crippen LogP contribution is -2.26. The predicted octanol–water partition coefficient (Wildman–Crippen LogP) is 7.95. The molecule has 0 atom stereocenters. The first-order valence-corrected chi connectivity index (χ1v) is 11.5. The summed E-state index contributed by atoms with van der Waals surface area (Å²) >= 11 is 0. The Morgan fingerprint density at radius 3 is 1.53 bits per heavy atom. The first kappa shape index (κ1) is 26.0. The molecule has 0 unspecified atom stereocenters. The Balaban J connectivity index is 3.09. The standard InChI is InChI=1S/C29H42O3/c1-26(2,3)17-13-14-18(21(15-17)27(4,5)6)19-16-20(25(31)32)22(28(7,8)9)23(24(19)30)29(10,11)12/h13-16,30H,1-12H3,(H,31,32). The van der Waals surface area contributed by atoms with Gasteiger partial charge in [0.2, 0.25) is 0 Å². The third-order valence-electron chi connectivity index (χ3n) is 6.01. The van der Waals surface area contributed by atoms with E-state index in [4.69, 9.17) is 0 Å². The van der Waals surface area contributed by atoms with Crippen LogP contribution in [0.15, 0.2) is 24.3 Å². The number of phenols is 1. The summed E-state index contributed by atoms with van der Waals surface area (Å²) in [7, 11) is 0. The molecule has 32 heavy (non-hydrogen) atoms. The number of benzene rings is 2. The zero-order valence-corrected chi connectivity index (χ0v) is 22.1.